The summed E-state index contributed by atoms with van der Waals surface area (Å²) in [5.74, 6) is 0. The Morgan fingerprint density at radius 2 is 2.07 bits per heavy atom. The van der Waals surface area contributed by atoms with E-state index in [4.69, 9.17) is 4.74 Å². The minimum absolute atomic E-state index is 0.201. The Balaban J connectivity index is 2.55. The van der Waals surface area contributed by atoms with Crippen molar-refractivity contribution in [3.8, 4) is 0 Å². The summed E-state index contributed by atoms with van der Waals surface area (Å²) in [7, 11) is 1.93. The van der Waals surface area contributed by atoms with Crippen LogP contribution in [0, 0.1) is 0 Å². The average Bonchev–Trinajstić information content (AvgIpc) is 2.43. The lowest BCUT2D eigenvalue weighted by atomic mass is 10.1. The Morgan fingerprint density at radius 1 is 1.47 bits per heavy atom. The molecule has 1 rings (SSSR count). The first-order valence-corrected chi connectivity index (χ1v) is 5.52. The average molecular weight is 214 g/mol. The second kappa shape index (κ2) is 4.39. The number of likely N-dealkylation sites (N-methyl/N-ethyl adjacent to an activating group) is 1. The van der Waals surface area contributed by atoms with Gasteiger partial charge in [0, 0.05) is 18.6 Å². The quantitative estimate of drug-likeness (QED) is 0.721. The molecule has 2 atom stereocenters. The van der Waals surface area contributed by atoms with Crippen molar-refractivity contribution in [1.29, 1.82) is 0 Å². The molecule has 1 amide bonds. The van der Waals surface area contributed by atoms with Gasteiger partial charge in [-0.25, -0.2) is 4.79 Å². The number of nitrogens with zero attached hydrogens (tertiary/aromatic N) is 1. The van der Waals surface area contributed by atoms with E-state index in [0.717, 1.165) is 13.0 Å². The van der Waals surface area contributed by atoms with Crippen LogP contribution in [-0.4, -0.2) is 42.3 Å². The molecule has 0 bridgehead atoms. The van der Waals surface area contributed by atoms with E-state index in [9.17, 15) is 4.79 Å². The van der Waals surface area contributed by atoms with Gasteiger partial charge < -0.3 is 15.0 Å². The lowest BCUT2D eigenvalue weighted by Gasteiger charge is -2.28. The molecule has 4 heteroatoms. The lowest BCUT2D eigenvalue weighted by Crippen LogP contribution is -2.43. The number of hydrogen-bond acceptors (Lipinski definition) is 3. The number of amides is 1. The molecule has 0 aliphatic carbocycles. The topological polar surface area (TPSA) is 41.6 Å². The molecule has 0 aromatic rings. The number of rotatable bonds is 1. The molecule has 1 heterocycles. The maximum atomic E-state index is 11.8. The molecule has 0 aromatic heterocycles. The van der Waals surface area contributed by atoms with E-state index in [1.54, 1.807) is 4.90 Å². The van der Waals surface area contributed by atoms with Crippen LogP contribution in [0.25, 0.3) is 0 Å². The fourth-order valence-corrected chi connectivity index (χ4v) is 1.90. The van der Waals surface area contributed by atoms with E-state index < -0.39 is 5.60 Å². The zero-order valence-corrected chi connectivity index (χ0v) is 10.3. The normalized spacial score (nSPS) is 26.9. The first-order chi connectivity index (χ1) is 6.85. The summed E-state index contributed by atoms with van der Waals surface area (Å²) in [6.07, 6.45) is 0.796. The lowest BCUT2D eigenvalue weighted by molar-refractivity contribution is 0.0230. The summed E-state index contributed by atoms with van der Waals surface area (Å²) in [6, 6.07) is 0.599. The van der Waals surface area contributed by atoms with E-state index in [0.29, 0.717) is 6.04 Å². The second-order valence-electron chi connectivity index (χ2n) is 5.10. The Kier molecular flexibility index (Phi) is 3.60. The highest BCUT2D eigenvalue weighted by Gasteiger charge is 2.35. The predicted molar refractivity (Wildman–Crippen MR) is 59.9 cm³/mol. The smallest absolute Gasteiger partial charge is 0.410 e. The number of carbonyl (C=O) groups is 1. The van der Waals surface area contributed by atoms with Crippen LogP contribution in [0.3, 0.4) is 0 Å². The molecule has 88 valence electrons. The summed E-state index contributed by atoms with van der Waals surface area (Å²) >= 11 is 0. The van der Waals surface area contributed by atoms with Crippen molar-refractivity contribution in [3.63, 3.8) is 0 Å². The third kappa shape index (κ3) is 3.09. The Labute approximate surface area is 92.0 Å². The molecule has 1 aliphatic rings. The van der Waals surface area contributed by atoms with E-state index >= 15 is 0 Å². The highest BCUT2D eigenvalue weighted by molar-refractivity contribution is 5.69. The number of nitrogens with one attached hydrogen (secondary N) is 1. The highest BCUT2D eigenvalue weighted by atomic mass is 16.6. The summed E-state index contributed by atoms with van der Waals surface area (Å²) < 4.78 is 5.34. The molecule has 0 spiro atoms. The fraction of sp³-hybridized carbons (Fsp3) is 0.909. The fourth-order valence-electron chi connectivity index (χ4n) is 1.90. The van der Waals surface area contributed by atoms with Gasteiger partial charge in [0.15, 0.2) is 0 Å². The van der Waals surface area contributed by atoms with Crippen LogP contribution in [-0.2, 0) is 4.74 Å². The van der Waals surface area contributed by atoms with E-state index in [1.807, 2.05) is 27.8 Å². The molecule has 1 aliphatic heterocycles. The van der Waals surface area contributed by atoms with Crippen molar-refractivity contribution in [2.24, 2.45) is 0 Å². The van der Waals surface area contributed by atoms with E-state index in [-0.39, 0.29) is 12.1 Å². The van der Waals surface area contributed by atoms with Gasteiger partial charge in [-0.1, -0.05) is 0 Å². The van der Waals surface area contributed by atoms with Crippen molar-refractivity contribution >= 4 is 6.09 Å². The van der Waals surface area contributed by atoms with Crippen LogP contribution < -0.4 is 5.32 Å². The molecule has 0 radical (unpaired) electrons. The monoisotopic (exact) mass is 214 g/mol. The van der Waals surface area contributed by atoms with Crippen LogP contribution in [0.1, 0.15) is 34.1 Å². The number of likely N-dealkylation sites (tertiary alicyclic amines) is 1. The first-order valence-electron chi connectivity index (χ1n) is 5.52. The summed E-state index contributed by atoms with van der Waals surface area (Å²) in [5.41, 5.74) is -0.408. The zero-order chi connectivity index (χ0) is 11.6. The number of carbonyl (C=O) groups excluding carboxylic acids is 1. The standard InChI is InChI=1S/C11H22N2O2/c1-8-9(12-5)6-7-13(8)10(14)15-11(2,3)4/h8-9,12H,6-7H2,1-5H3/t8-,9+/m0/s1. The second-order valence-corrected chi connectivity index (χ2v) is 5.10. The van der Waals surface area contributed by atoms with E-state index in [1.165, 1.54) is 0 Å². The molecular weight excluding hydrogens is 192 g/mol. The maximum Gasteiger partial charge on any atom is 0.410 e. The van der Waals surface area contributed by atoms with Crippen LogP contribution in [0.4, 0.5) is 4.79 Å². The zero-order valence-electron chi connectivity index (χ0n) is 10.3. The maximum absolute atomic E-state index is 11.8. The highest BCUT2D eigenvalue weighted by Crippen LogP contribution is 2.20. The molecule has 0 unspecified atom stereocenters. The molecule has 0 saturated carbocycles. The van der Waals surface area contributed by atoms with Gasteiger partial charge in [0.1, 0.15) is 5.60 Å². The van der Waals surface area contributed by atoms with Crippen molar-refractivity contribution < 1.29 is 9.53 Å². The summed E-state index contributed by atoms with van der Waals surface area (Å²) in [6.45, 7) is 8.50. The molecule has 4 nitrogen and oxygen atoms in total. The third-order valence-corrected chi connectivity index (χ3v) is 2.75. The largest absolute Gasteiger partial charge is 0.444 e. The molecular formula is C11H22N2O2. The van der Waals surface area contributed by atoms with Gasteiger partial charge in [0.05, 0.1) is 0 Å². The van der Waals surface area contributed by atoms with Crippen molar-refractivity contribution in [2.75, 3.05) is 13.6 Å². The van der Waals surface area contributed by atoms with Gasteiger partial charge in [-0.2, -0.15) is 0 Å². The minimum atomic E-state index is -0.408. The summed E-state index contributed by atoms with van der Waals surface area (Å²) in [4.78, 5) is 13.6. The molecule has 15 heavy (non-hydrogen) atoms. The van der Waals surface area contributed by atoms with Crippen LogP contribution >= 0.6 is 0 Å². The van der Waals surface area contributed by atoms with Crippen molar-refractivity contribution in [1.82, 2.24) is 10.2 Å². The van der Waals surface area contributed by atoms with Crippen LogP contribution in [0.5, 0.6) is 0 Å². The SMILES string of the molecule is CN[C@@H]1CCN(C(=O)OC(C)(C)C)[C@H]1C. The molecule has 1 N–H and O–H groups in total. The Morgan fingerprint density at radius 3 is 2.47 bits per heavy atom. The Hall–Kier alpha value is -0.770. The first kappa shape index (κ1) is 12.3. The summed E-state index contributed by atoms with van der Waals surface area (Å²) in [5, 5.41) is 3.21. The molecule has 1 saturated heterocycles. The van der Waals surface area contributed by atoms with Crippen molar-refractivity contribution in [3.05, 3.63) is 0 Å². The van der Waals surface area contributed by atoms with Crippen LogP contribution in [0.2, 0.25) is 0 Å². The molecule has 1 fully saturated rings. The van der Waals surface area contributed by atoms with Gasteiger partial charge in [-0.15, -0.1) is 0 Å². The van der Waals surface area contributed by atoms with Gasteiger partial charge in [-0.05, 0) is 41.2 Å². The van der Waals surface area contributed by atoms with Gasteiger partial charge in [0.2, 0.25) is 0 Å². The molecule has 0 aromatic carbocycles. The predicted octanol–water partition coefficient (Wildman–Crippen LogP) is 1.60. The van der Waals surface area contributed by atoms with Gasteiger partial charge >= 0.3 is 6.09 Å². The number of ether oxygens (including phenoxy) is 1. The van der Waals surface area contributed by atoms with Crippen molar-refractivity contribution in [2.45, 2.75) is 51.8 Å². The number of hydrogen-bond donors (Lipinski definition) is 1. The Bertz CT molecular complexity index is 235. The van der Waals surface area contributed by atoms with Gasteiger partial charge in [0.25, 0.3) is 0 Å². The third-order valence-electron chi connectivity index (χ3n) is 2.75. The van der Waals surface area contributed by atoms with E-state index in [2.05, 4.69) is 12.2 Å². The van der Waals surface area contributed by atoms with Crippen LogP contribution in [0.15, 0.2) is 0 Å². The minimum Gasteiger partial charge on any atom is -0.444 e. The van der Waals surface area contributed by atoms with Gasteiger partial charge in [-0.3, -0.25) is 0 Å².